The lowest BCUT2D eigenvalue weighted by Crippen LogP contribution is -2.47. The summed E-state index contributed by atoms with van der Waals surface area (Å²) in [7, 11) is 2.04. The molecule has 1 fully saturated rings. The number of hydrogen-bond donors (Lipinski definition) is 1. The number of nitrogens with zero attached hydrogens (tertiary/aromatic N) is 4. The molecule has 0 saturated carbocycles. The predicted octanol–water partition coefficient (Wildman–Crippen LogP) is 2.82. The number of halogens is 1. The average molecular weight is 318 g/mol. The van der Waals surface area contributed by atoms with E-state index in [1.54, 1.807) is 6.07 Å². The van der Waals surface area contributed by atoms with E-state index in [1.165, 1.54) is 5.69 Å². The third kappa shape index (κ3) is 3.25. The van der Waals surface area contributed by atoms with Gasteiger partial charge in [-0.3, -0.25) is 0 Å². The molecule has 1 aliphatic heterocycles. The van der Waals surface area contributed by atoms with E-state index in [9.17, 15) is 0 Å². The van der Waals surface area contributed by atoms with E-state index < -0.39 is 0 Å². The highest BCUT2D eigenvalue weighted by Crippen LogP contribution is 2.25. The Morgan fingerprint density at radius 3 is 2.77 bits per heavy atom. The van der Waals surface area contributed by atoms with Gasteiger partial charge in [0, 0.05) is 37.9 Å². The van der Waals surface area contributed by atoms with Gasteiger partial charge in [0.2, 0.25) is 5.95 Å². The van der Waals surface area contributed by atoms with Gasteiger partial charge < -0.3 is 15.5 Å². The molecule has 1 aliphatic rings. The van der Waals surface area contributed by atoms with Gasteiger partial charge in [0.05, 0.1) is 0 Å². The fourth-order valence-electron chi connectivity index (χ4n) is 2.93. The minimum Gasteiger partial charge on any atom is -0.369 e. The number of nitrogens with two attached hydrogens (primary N) is 1. The van der Waals surface area contributed by atoms with Crippen LogP contribution in [0.25, 0.3) is 0 Å². The zero-order valence-corrected chi connectivity index (χ0v) is 13.4. The maximum Gasteiger partial charge on any atom is 0.223 e. The summed E-state index contributed by atoms with van der Waals surface area (Å²) >= 11 is 5.99. The van der Waals surface area contributed by atoms with Crippen molar-refractivity contribution in [3.63, 3.8) is 0 Å². The lowest BCUT2D eigenvalue weighted by Gasteiger charge is -2.39. The van der Waals surface area contributed by atoms with Crippen molar-refractivity contribution >= 4 is 29.1 Å². The Hall–Kier alpha value is -2.01. The van der Waals surface area contributed by atoms with Crippen molar-refractivity contribution in [1.82, 2.24) is 9.97 Å². The number of aromatic nitrogens is 2. The van der Waals surface area contributed by atoms with Crippen LogP contribution in [0.4, 0.5) is 17.5 Å². The molecule has 0 bridgehead atoms. The smallest absolute Gasteiger partial charge is 0.223 e. The standard InChI is InChI=1S/C16H20ClN5/c1-21(15-10-14(17)19-16(18)20-15)13-8-5-9-22(11-13)12-6-3-2-4-7-12/h2-4,6-7,10,13H,5,8-9,11H2,1H3,(H2,18,19,20). The van der Waals surface area contributed by atoms with Crippen LogP contribution in [-0.4, -0.2) is 36.1 Å². The van der Waals surface area contributed by atoms with Gasteiger partial charge in [-0.05, 0) is 25.0 Å². The van der Waals surface area contributed by atoms with Gasteiger partial charge in [0.25, 0.3) is 0 Å². The van der Waals surface area contributed by atoms with E-state index in [1.807, 2.05) is 13.1 Å². The lowest BCUT2D eigenvalue weighted by atomic mass is 10.0. The molecule has 22 heavy (non-hydrogen) atoms. The molecule has 0 radical (unpaired) electrons. The van der Waals surface area contributed by atoms with Crippen LogP contribution in [0.5, 0.6) is 0 Å². The van der Waals surface area contributed by atoms with Gasteiger partial charge in [-0.2, -0.15) is 4.98 Å². The second kappa shape index (κ2) is 6.40. The van der Waals surface area contributed by atoms with Gasteiger partial charge in [-0.1, -0.05) is 29.8 Å². The molecule has 2 N–H and O–H groups in total. The quantitative estimate of drug-likeness (QED) is 0.882. The highest BCUT2D eigenvalue weighted by atomic mass is 35.5. The Labute approximate surface area is 135 Å². The van der Waals surface area contributed by atoms with Crippen LogP contribution in [0.3, 0.4) is 0 Å². The molecule has 2 aromatic rings. The Morgan fingerprint density at radius 2 is 2.05 bits per heavy atom. The maximum atomic E-state index is 5.99. The molecule has 2 heterocycles. The molecule has 0 aliphatic carbocycles. The molecule has 6 heteroatoms. The van der Waals surface area contributed by atoms with Gasteiger partial charge in [0.1, 0.15) is 11.0 Å². The van der Waals surface area contributed by atoms with E-state index in [4.69, 9.17) is 17.3 Å². The van der Waals surface area contributed by atoms with Crippen LogP contribution in [0.1, 0.15) is 12.8 Å². The fraction of sp³-hybridized carbons (Fsp3) is 0.375. The second-order valence-electron chi connectivity index (χ2n) is 5.60. The van der Waals surface area contributed by atoms with Crippen LogP contribution in [0, 0.1) is 0 Å². The normalized spacial score (nSPS) is 18.3. The van der Waals surface area contributed by atoms with Crippen molar-refractivity contribution in [1.29, 1.82) is 0 Å². The Morgan fingerprint density at radius 1 is 1.27 bits per heavy atom. The van der Waals surface area contributed by atoms with Crippen molar-refractivity contribution in [2.24, 2.45) is 0 Å². The molecular formula is C16H20ClN5. The molecule has 1 aromatic heterocycles. The number of nitrogen functional groups attached to an aromatic ring is 1. The average Bonchev–Trinajstić information content (AvgIpc) is 2.54. The maximum absolute atomic E-state index is 5.99. The molecule has 5 nitrogen and oxygen atoms in total. The number of para-hydroxylation sites is 1. The van der Waals surface area contributed by atoms with E-state index in [0.29, 0.717) is 11.2 Å². The van der Waals surface area contributed by atoms with Crippen LogP contribution < -0.4 is 15.5 Å². The lowest BCUT2D eigenvalue weighted by molar-refractivity contribution is 0.486. The number of hydrogen-bond acceptors (Lipinski definition) is 5. The van der Waals surface area contributed by atoms with E-state index >= 15 is 0 Å². The summed E-state index contributed by atoms with van der Waals surface area (Å²) in [6, 6.07) is 12.6. The van der Waals surface area contributed by atoms with E-state index in [0.717, 1.165) is 31.7 Å². The first kappa shape index (κ1) is 14.9. The van der Waals surface area contributed by atoms with Crippen molar-refractivity contribution in [2.45, 2.75) is 18.9 Å². The zero-order chi connectivity index (χ0) is 15.5. The number of benzene rings is 1. The summed E-state index contributed by atoms with van der Waals surface area (Å²) in [5, 5.41) is 0.380. The first-order valence-corrected chi connectivity index (χ1v) is 7.84. The van der Waals surface area contributed by atoms with Crippen molar-refractivity contribution in [2.75, 3.05) is 35.7 Å². The summed E-state index contributed by atoms with van der Waals surface area (Å²) in [6.07, 6.45) is 2.28. The Balaban J connectivity index is 1.76. The molecule has 116 valence electrons. The predicted molar refractivity (Wildman–Crippen MR) is 91.5 cm³/mol. The molecule has 0 spiro atoms. The van der Waals surface area contributed by atoms with Crippen molar-refractivity contribution < 1.29 is 0 Å². The van der Waals surface area contributed by atoms with Crippen LogP contribution in [0.15, 0.2) is 36.4 Å². The second-order valence-corrected chi connectivity index (χ2v) is 5.98. The summed E-state index contributed by atoms with van der Waals surface area (Å²) in [5.41, 5.74) is 6.97. The van der Waals surface area contributed by atoms with Crippen molar-refractivity contribution in [3.8, 4) is 0 Å². The number of rotatable bonds is 3. The summed E-state index contributed by atoms with van der Waals surface area (Å²) in [4.78, 5) is 12.8. The van der Waals surface area contributed by atoms with Crippen molar-refractivity contribution in [3.05, 3.63) is 41.6 Å². The highest BCUT2D eigenvalue weighted by molar-refractivity contribution is 6.29. The van der Waals surface area contributed by atoms with Gasteiger partial charge in [-0.15, -0.1) is 0 Å². The Kier molecular flexibility index (Phi) is 4.34. The van der Waals surface area contributed by atoms with Crippen LogP contribution >= 0.6 is 11.6 Å². The topological polar surface area (TPSA) is 58.3 Å². The van der Waals surface area contributed by atoms with Gasteiger partial charge in [-0.25, -0.2) is 4.98 Å². The first-order valence-electron chi connectivity index (χ1n) is 7.46. The minimum atomic E-state index is 0.213. The van der Waals surface area contributed by atoms with Gasteiger partial charge in [0.15, 0.2) is 0 Å². The number of anilines is 3. The Bertz CT molecular complexity index is 613. The van der Waals surface area contributed by atoms with Crippen LogP contribution in [-0.2, 0) is 0 Å². The van der Waals surface area contributed by atoms with E-state index in [2.05, 4.69) is 44.0 Å². The molecule has 1 aromatic carbocycles. The third-order valence-electron chi connectivity index (χ3n) is 4.13. The summed E-state index contributed by atoms with van der Waals surface area (Å²) in [6.45, 7) is 2.04. The molecular weight excluding hydrogens is 298 g/mol. The molecule has 1 unspecified atom stereocenters. The fourth-order valence-corrected chi connectivity index (χ4v) is 3.12. The molecule has 1 atom stereocenters. The van der Waals surface area contributed by atoms with E-state index in [-0.39, 0.29) is 5.95 Å². The summed E-state index contributed by atoms with van der Waals surface area (Å²) < 4.78 is 0. The molecule has 1 saturated heterocycles. The van der Waals surface area contributed by atoms with Crippen LogP contribution in [0.2, 0.25) is 5.15 Å². The number of likely N-dealkylation sites (N-methyl/N-ethyl adjacent to an activating group) is 1. The first-order chi connectivity index (χ1) is 10.6. The third-order valence-corrected chi connectivity index (χ3v) is 4.32. The van der Waals surface area contributed by atoms with Gasteiger partial charge >= 0.3 is 0 Å². The minimum absolute atomic E-state index is 0.213. The summed E-state index contributed by atoms with van der Waals surface area (Å²) in [5.74, 6) is 0.988. The molecule has 0 amide bonds. The largest absolute Gasteiger partial charge is 0.369 e. The number of piperidine rings is 1. The monoisotopic (exact) mass is 317 g/mol. The SMILES string of the molecule is CN(c1cc(Cl)nc(N)n1)C1CCCN(c2ccccc2)C1. The zero-order valence-electron chi connectivity index (χ0n) is 12.6. The molecule has 3 rings (SSSR count). The highest BCUT2D eigenvalue weighted by Gasteiger charge is 2.24.